The fourth-order valence-corrected chi connectivity index (χ4v) is 4.17. The Hall–Kier alpha value is -3.48. The average molecular weight is 464 g/mol. The summed E-state index contributed by atoms with van der Waals surface area (Å²) in [7, 11) is 1.58. The molecule has 168 valence electrons. The highest BCUT2D eigenvalue weighted by molar-refractivity contribution is 6.31. The standard InChI is InChI=1S/C26H22ClNO5/c1-16-25(33-19-8-5-7-18(12-19)30-2)24(29)20-10-11-23-21(26(20)32-16)14-28(15-31-23)13-17-6-3-4-9-22(17)27/h3-12H,13-15H2,1-2H3. The highest BCUT2D eigenvalue weighted by Gasteiger charge is 2.24. The number of hydrogen-bond donors (Lipinski definition) is 0. The first-order valence-corrected chi connectivity index (χ1v) is 10.9. The predicted molar refractivity (Wildman–Crippen MR) is 126 cm³/mol. The minimum absolute atomic E-state index is 0.153. The van der Waals surface area contributed by atoms with Gasteiger partial charge in [0.05, 0.1) is 18.1 Å². The zero-order chi connectivity index (χ0) is 22.9. The number of hydrogen-bond acceptors (Lipinski definition) is 6. The molecule has 0 saturated carbocycles. The molecule has 4 aromatic rings. The van der Waals surface area contributed by atoms with Crippen molar-refractivity contribution in [3.05, 3.63) is 92.8 Å². The Morgan fingerprint density at radius 2 is 1.88 bits per heavy atom. The second-order valence-electron chi connectivity index (χ2n) is 7.87. The molecule has 0 radical (unpaired) electrons. The smallest absolute Gasteiger partial charge is 0.235 e. The van der Waals surface area contributed by atoms with Crippen LogP contribution in [0.3, 0.4) is 0 Å². The van der Waals surface area contributed by atoms with E-state index in [0.717, 1.165) is 11.1 Å². The highest BCUT2D eigenvalue weighted by atomic mass is 35.5. The minimum atomic E-state index is -0.234. The Balaban J connectivity index is 1.50. The topological polar surface area (TPSA) is 61.1 Å². The molecule has 0 saturated heterocycles. The van der Waals surface area contributed by atoms with E-state index in [2.05, 4.69) is 4.90 Å². The number of methoxy groups -OCH3 is 1. The van der Waals surface area contributed by atoms with Crippen molar-refractivity contribution >= 4 is 22.6 Å². The van der Waals surface area contributed by atoms with Gasteiger partial charge in [-0.1, -0.05) is 35.9 Å². The maximum atomic E-state index is 13.3. The lowest BCUT2D eigenvalue weighted by Gasteiger charge is -2.29. The van der Waals surface area contributed by atoms with E-state index in [9.17, 15) is 4.79 Å². The van der Waals surface area contributed by atoms with Gasteiger partial charge in [-0.05, 0) is 42.8 Å². The van der Waals surface area contributed by atoms with E-state index in [1.54, 1.807) is 38.3 Å². The molecule has 1 aliphatic heterocycles. The molecule has 0 spiro atoms. The first kappa shape index (κ1) is 21.4. The quantitative estimate of drug-likeness (QED) is 0.367. The van der Waals surface area contributed by atoms with Crippen LogP contribution in [0.25, 0.3) is 11.0 Å². The second-order valence-corrected chi connectivity index (χ2v) is 8.28. The highest BCUT2D eigenvalue weighted by Crippen LogP contribution is 2.35. The lowest BCUT2D eigenvalue weighted by atomic mass is 10.1. The molecule has 0 N–H and O–H groups in total. The molecule has 0 bridgehead atoms. The van der Waals surface area contributed by atoms with Crippen molar-refractivity contribution in [2.45, 2.75) is 20.0 Å². The van der Waals surface area contributed by atoms with E-state index in [1.165, 1.54) is 0 Å². The van der Waals surface area contributed by atoms with E-state index < -0.39 is 0 Å². The third-order valence-corrected chi connectivity index (χ3v) is 6.01. The van der Waals surface area contributed by atoms with Crippen molar-refractivity contribution < 1.29 is 18.6 Å². The largest absolute Gasteiger partial charge is 0.497 e. The maximum absolute atomic E-state index is 13.3. The fourth-order valence-electron chi connectivity index (χ4n) is 3.97. The van der Waals surface area contributed by atoms with Crippen LogP contribution in [0.5, 0.6) is 23.0 Å². The average Bonchev–Trinajstić information content (AvgIpc) is 2.83. The molecule has 5 rings (SSSR count). The third kappa shape index (κ3) is 4.15. The van der Waals surface area contributed by atoms with Crippen molar-refractivity contribution in [1.82, 2.24) is 4.90 Å². The Labute approximate surface area is 195 Å². The van der Waals surface area contributed by atoms with Crippen molar-refractivity contribution in [3.8, 4) is 23.0 Å². The van der Waals surface area contributed by atoms with Gasteiger partial charge in [0.2, 0.25) is 11.2 Å². The van der Waals surface area contributed by atoms with E-state index in [0.29, 0.717) is 58.8 Å². The first-order chi connectivity index (χ1) is 16.0. The Kier molecular flexibility index (Phi) is 5.70. The van der Waals surface area contributed by atoms with Crippen LogP contribution >= 0.6 is 11.6 Å². The van der Waals surface area contributed by atoms with Gasteiger partial charge in [-0.2, -0.15) is 0 Å². The Bertz CT molecular complexity index is 1400. The van der Waals surface area contributed by atoms with Gasteiger partial charge in [-0.3, -0.25) is 9.69 Å². The molecule has 6 nitrogen and oxygen atoms in total. The molecular formula is C26H22ClNO5. The fraction of sp³-hybridized carbons (Fsp3) is 0.192. The zero-order valence-corrected chi connectivity index (χ0v) is 19.0. The van der Waals surface area contributed by atoms with Gasteiger partial charge in [0, 0.05) is 24.2 Å². The van der Waals surface area contributed by atoms with E-state index in [-0.39, 0.29) is 11.2 Å². The monoisotopic (exact) mass is 463 g/mol. The molecule has 1 aliphatic rings. The van der Waals surface area contributed by atoms with Crippen molar-refractivity contribution in [2.75, 3.05) is 13.8 Å². The Morgan fingerprint density at radius 3 is 2.70 bits per heavy atom. The molecule has 2 heterocycles. The van der Waals surface area contributed by atoms with Gasteiger partial charge in [-0.15, -0.1) is 0 Å². The van der Waals surface area contributed by atoms with Crippen LogP contribution in [0.4, 0.5) is 0 Å². The molecular weight excluding hydrogens is 442 g/mol. The van der Waals surface area contributed by atoms with E-state index in [4.69, 9.17) is 30.2 Å². The Morgan fingerprint density at radius 1 is 1.06 bits per heavy atom. The number of rotatable bonds is 5. The minimum Gasteiger partial charge on any atom is -0.497 e. The first-order valence-electron chi connectivity index (χ1n) is 10.5. The van der Waals surface area contributed by atoms with Gasteiger partial charge in [0.1, 0.15) is 35.3 Å². The molecule has 0 aliphatic carbocycles. The summed E-state index contributed by atoms with van der Waals surface area (Å²) in [5.74, 6) is 2.39. The number of halogens is 1. The van der Waals surface area contributed by atoms with Gasteiger partial charge >= 0.3 is 0 Å². The van der Waals surface area contributed by atoms with Crippen LogP contribution in [-0.4, -0.2) is 18.7 Å². The number of ether oxygens (including phenoxy) is 3. The normalized spacial score (nSPS) is 13.4. The number of nitrogens with zero attached hydrogens (tertiary/aromatic N) is 1. The summed E-state index contributed by atoms with van der Waals surface area (Å²) < 4.78 is 23.2. The number of benzene rings is 3. The molecule has 0 fully saturated rings. The maximum Gasteiger partial charge on any atom is 0.235 e. The van der Waals surface area contributed by atoms with Crippen molar-refractivity contribution in [1.29, 1.82) is 0 Å². The molecule has 7 heteroatoms. The van der Waals surface area contributed by atoms with E-state index >= 15 is 0 Å². The SMILES string of the molecule is COc1cccc(Oc2c(C)oc3c4c(ccc3c2=O)OCN(Cc2ccccc2Cl)C4)c1. The molecule has 1 aromatic heterocycles. The van der Waals surface area contributed by atoms with Gasteiger partial charge in [0.15, 0.2) is 0 Å². The number of fused-ring (bicyclic) bond motifs is 3. The molecule has 0 atom stereocenters. The van der Waals surface area contributed by atoms with Crippen LogP contribution < -0.4 is 19.6 Å². The lowest BCUT2D eigenvalue weighted by molar-refractivity contribution is 0.0890. The summed E-state index contributed by atoms with van der Waals surface area (Å²) in [5, 5.41) is 1.16. The summed E-state index contributed by atoms with van der Waals surface area (Å²) in [6.45, 7) is 3.33. The van der Waals surface area contributed by atoms with Gasteiger partial charge in [0.25, 0.3) is 0 Å². The van der Waals surface area contributed by atoms with Crippen LogP contribution in [-0.2, 0) is 13.1 Å². The van der Waals surface area contributed by atoms with Crippen molar-refractivity contribution in [2.24, 2.45) is 0 Å². The predicted octanol–water partition coefficient (Wildman–Crippen LogP) is 5.91. The van der Waals surface area contributed by atoms with Crippen molar-refractivity contribution in [3.63, 3.8) is 0 Å². The molecule has 33 heavy (non-hydrogen) atoms. The van der Waals surface area contributed by atoms with E-state index in [1.807, 2.05) is 36.4 Å². The van der Waals surface area contributed by atoms with Crippen LogP contribution in [0, 0.1) is 6.92 Å². The van der Waals surface area contributed by atoms with Gasteiger partial charge in [-0.25, -0.2) is 0 Å². The third-order valence-electron chi connectivity index (χ3n) is 5.64. The summed E-state index contributed by atoms with van der Waals surface area (Å²) in [5.41, 5.74) is 2.12. The number of aryl methyl sites for hydroxylation is 1. The summed E-state index contributed by atoms with van der Waals surface area (Å²) in [6.07, 6.45) is 0. The summed E-state index contributed by atoms with van der Waals surface area (Å²) in [4.78, 5) is 15.4. The van der Waals surface area contributed by atoms with Crippen LogP contribution in [0.1, 0.15) is 16.9 Å². The molecule has 0 amide bonds. The summed E-state index contributed by atoms with van der Waals surface area (Å²) >= 11 is 6.33. The zero-order valence-electron chi connectivity index (χ0n) is 18.3. The van der Waals surface area contributed by atoms with Crippen LogP contribution in [0.2, 0.25) is 5.02 Å². The lowest BCUT2D eigenvalue weighted by Crippen LogP contribution is -2.32. The van der Waals surface area contributed by atoms with Gasteiger partial charge < -0.3 is 18.6 Å². The summed E-state index contributed by atoms with van der Waals surface area (Å²) in [6, 6.07) is 18.4. The van der Waals surface area contributed by atoms with Crippen LogP contribution in [0.15, 0.2) is 69.9 Å². The molecule has 3 aromatic carbocycles. The molecule has 0 unspecified atom stereocenters. The second kappa shape index (κ2) is 8.81.